The number of aliphatic hydroxyl groups is 1. The Labute approximate surface area is 102 Å². The summed E-state index contributed by atoms with van der Waals surface area (Å²) in [6, 6.07) is 10.1. The zero-order valence-electron chi connectivity index (χ0n) is 10.6. The van der Waals surface area contributed by atoms with Gasteiger partial charge in [0, 0.05) is 18.0 Å². The van der Waals surface area contributed by atoms with Crippen LogP contribution in [0.25, 0.3) is 10.9 Å². The van der Waals surface area contributed by atoms with Gasteiger partial charge >= 0.3 is 0 Å². The van der Waals surface area contributed by atoms with Gasteiger partial charge in [-0.1, -0.05) is 32.0 Å². The fourth-order valence-corrected chi connectivity index (χ4v) is 1.90. The third-order valence-corrected chi connectivity index (χ3v) is 3.53. The van der Waals surface area contributed by atoms with E-state index >= 15 is 0 Å². The van der Waals surface area contributed by atoms with Gasteiger partial charge in [-0.2, -0.15) is 0 Å². The molecule has 0 fully saturated rings. The molecule has 2 rings (SSSR count). The Bertz CT molecular complexity index is 512. The predicted octanol–water partition coefficient (Wildman–Crippen LogP) is 3.18. The summed E-state index contributed by atoms with van der Waals surface area (Å²) < 4.78 is 0. The standard InChI is InChI=1S/C15H19NO/c1-11(2)15(3,17)10-12-8-9-16-14-7-5-4-6-13(12)14/h4-9,11,17H,10H2,1-3H3. The van der Waals surface area contributed by atoms with Gasteiger partial charge in [-0.15, -0.1) is 0 Å². The van der Waals surface area contributed by atoms with Gasteiger partial charge in [0.25, 0.3) is 0 Å². The average molecular weight is 229 g/mol. The van der Waals surface area contributed by atoms with Crippen molar-refractivity contribution in [2.75, 3.05) is 0 Å². The molecule has 0 aliphatic heterocycles. The third kappa shape index (κ3) is 2.47. The van der Waals surface area contributed by atoms with Crippen LogP contribution in [0.15, 0.2) is 36.5 Å². The van der Waals surface area contributed by atoms with Crippen molar-refractivity contribution in [3.63, 3.8) is 0 Å². The molecule has 0 amide bonds. The van der Waals surface area contributed by atoms with Crippen molar-refractivity contribution in [2.45, 2.75) is 32.8 Å². The highest BCUT2D eigenvalue weighted by atomic mass is 16.3. The van der Waals surface area contributed by atoms with Gasteiger partial charge < -0.3 is 5.11 Å². The molecule has 0 aliphatic carbocycles. The van der Waals surface area contributed by atoms with E-state index in [1.807, 2.05) is 51.2 Å². The molecular weight excluding hydrogens is 210 g/mol. The van der Waals surface area contributed by atoms with Gasteiger partial charge in [-0.05, 0) is 30.5 Å². The molecule has 0 bridgehead atoms. The minimum atomic E-state index is -0.676. The topological polar surface area (TPSA) is 33.1 Å². The molecule has 2 nitrogen and oxygen atoms in total. The van der Waals surface area contributed by atoms with Crippen molar-refractivity contribution < 1.29 is 5.11 Å². The Morgan fingerprint density at radius 3 is 2.65 bits per heavy atom. The van der Waals surface area contributed by atoms with Gasteiger partial charge in [-0.3, -0.25) is 4.98 Å². The first-order valence-corrected chi connectivity index (χ1v) is 6.06. The van der Waals surface area contributed by atoms with E-state index in [1.54, 1.807) is 0 Å². The molecule has 0 saturated heterocycles. The smallest absolute Gasteiger partial charge is 0.0704 e. The summed E-state index contributed by atoms with van der Waals surface area (Å²) >= 11 is 0. The largest absolute Gasteiger partial charge is 0.390 e. The minimum absolute atomic E-state index is 0.231. The Balaban J connectivity index is 2.43. The highest BCUT2D eigenvalue weighted by molar-refractivity contribution is 5.81. The molecule has 1 aromatic carbocycles. The molecule has 90 valence electrons. The zero-order valence-corrected chi connectivity index (χ0v) is 10.6. The molecule has 1 atom stereocenters. The van der Waals surface area contributed by atoms with E-state index in [-0.39, 0.29) is 5.92 Å². The van der Waals surface area contributed by atoms with Crippen molar-refractivity contribution in [2.24, 2.45) is 5.92 Å². The number of nitrogens with zero attached hydrogens (tertiary/aromatic N) is 1. The van der Waals surface area contributed by atoms with Crippen LogP contribution in [0.5, 0.6) is 0 Å². The molecule has 2 aromatic rings. The van der Waals surface area contributed by atoms with Gasteiger partial charge in [0.2, 0.25) is 0 Å². The molecular formula is C15H19NO. The lowest BCUT2D eigenvalue weighted by Crippen LogP contribution is -2.33. The molecule has 2 heteroatoms. The molecule has 0 aliphatic rings. The minimum Gasteiger partial charge on any atom is -0.390 e. The molecule has 1 unspecified atom stereocenters. The number of benzene rings is 1. The molecule has 17 heavy (non-hydrogen) atoms. The van der Waals surface area contributed by atoms with Crippen LogP contribution in [0, 0.1) is 5.92 Å². The molecule has 0 spiro atoms. The first-order chi connectivity index (χ1) is 8.00. The summed E-state index contributed by atoms with van der Waals surface area (Å²) in [5, 5.41) is 11.5. The zero-order chi connectivity index (χ0) is 12.5. The SMILES string of the molecule is CC(C)C(C)(O)Cc1ccnc2ccccc12. The van der Waals surface area contributed by atoms with E-state index in [4.69, 9.17) is 0 Å². The summed E-state index contributed by atoms with van der Waals surface area (Å²) in [6.45, 7) is 5.99. The summed E-state index contributed by atoms with van der Waals surface area (Å²) in [5.41, 5.74) is 1.48. The predicted molar refractivity (Wildman–Crippen MR) is 70.9 cm³/mol. The maximum absolute atomic E-state index is 10.4. The van der Waals surface area contributed by atoms with E-state index < -0.39 is 5.60 Å². The first kappa shape index (κ1) is 12.1. The lowest BCUT2D eigenvalue weighted by atomic mass is 9.85. The molecule has 1 heterocycles. The lowest BCUT2D eigenvalue weighted by Gasteiger charge is -2.28. The second-order valence-corrected chi connectivity index (χ2v) is 5.18. The molecule has 1 aromatic heterocycles. The van der Waals surface area contributed by atoms with Crippen molar-refractivity contribution in [3.8, 4) is 0 Å². The first-order valence-electron chi connectivity index (χ1n) is 6.06. The van der Waals surface area contributed by atoms with E-state index in [0.717, 1.165) is 16.5 Å². The van der Waals surface area contributed by atoms with Crippen LogP contribution < -0.4 is 0 Å². The fraction of sp³-hybridized carbons (Fsp3) is 0.400. The van der Waals surface area contributed by atoms with Crippen molar-refractivity contribution in [1.29, 1.82) is 0 Å². The Morgan fingerprint density at radius 2 is 1.94 bits per heavy atom. The third-order valence-electron chi connectivity index (χ3n) is 3.53. The van der Waals surface area contributed by atoms with E-state index in [0.29, 0.717) is 6.42 Å². The lowest BCUT2D eigenvalue weighted by molar-refractivity contribution is 0.0142. The van der Waals surface area contributed by atoms with E-state index in [9.17, 15) is 5.11 Å². The quantitative estimate of drug-likeness (QED) is 0.876. The maximum Gasteiger partial charge on any atom is 0.0704 e. The highest BCUT2D eigenvalue weighted by Gasteiger charge is 2.25. The number of fused-ring (bicyclic) bond motifs is 1. The second kappa shape index (κ2) is 4.46. The normalized spacial score (nSPS) is 15.1. The van der Waals surface area contributed by atoms with Crippen molar-refractivity contribution >= 4 is 10.9 Å². The monoisotopic (exact) mass is 229 g/mol. The second-order valence-electron chi connectivity index (χ2n) is 5.18. The summed E-state index contributed by atoms with van der Waals surface area (Å²) in [6.07, 6.45) is 2.47. The maximum atomic E-state index is 10.4. The number of hydrogen-bond donors (Lipinski definition) is 1. The number of rotatable bonds is 3. The average Bonchev–Trinajstić information content (AvgIpc) is 2.29. The summed E-state index contributed by atoms with van der Waals surface area (Å²) in [4.78, 5) is 4.34. The van der Waals surface area contributed by atoms with Crippen LogP contribution in [0.3, 0.4) is 0 Å². The highest BCUT2D eigenvalue weighted by Crippen LogP contribution is 2.25. The van der Waals surface area contributed by atoms with Gasteiger partial charge in [0.05, 0.1) is 11.1 Å². The van der Waals surface area contributed by atoms with Crippen LogP contribution in [0.1, 0.15) is 26.3 Å². The Morgan fingerprint density at radius 1 is 1.24 bits per heavy atom. The van der Waals surface area contributed by atoms with Crippen LogP contribution in [-0.2, 0) is 6.42 Å². The molecule has 0 radical (unpaired) electrons. The van der Waals surface area contributed by atoms with Gasteiger partial charge in [0.15, 0.2) is 0 Å². The number of aromatic nitrogens is 1. The molecule has 1 N–H and O–H groups in total. The van der Waals surface area contributed by atoms with Crippen LogP contribution in [0.4, 0.5) is 0 Å². The van der Waals surface area contributed by atoms with Crippen molar-refractivity contribution in [3.05, 3.63) is 42.1 Å². The molecule has 0 saturated carbocycles. The Hall–Kier alpha value is -1.41. The summed E-state index contributed by atoms with van der Waals surface area (Å²) in [7, 11) is 0. The number of hydrogen-bond acceptors (Lipinski definition) is 2. The van der Waals surface area contributed by atoms with E-state index in [1.165, 1.54) is 0 Å². The van der Waals surface area contributed by atoms with Crippen LogP contribution in [-0.4, -0.2) is 15.7 Å². The van der Waals surface area contributed by atoms with Crippen LogP contribution in [0.2, 0.25) is 0 Å². The van der Waals surface area contributed by atoms with Gasteiger partial charge in [-0.25, -0.2) is 0 Å². The van der Waals surface area contributed by atoms with Gasteiger partial charge in [0.1, 0.15) is 0 Å². The summed E-state index contributed by atoms with van der Waals surface area (Å²) in [5.74, 6) is 0.231. The fourth-order valence-electron chi connectivity index (χ4n) is 1.90. The van der Waals surface area contributed by atoms with Crippen molar-refractivity contribution in [1.82, 2.24) is 4.98 Å². The number of para-hydroxylation sites is 1. The van der Waals surface area contributed by atoms with E-state index in [2.05, 4.69) is 11.1 Å². The Kier molecular flexibility index (Phi) is 3.16. The van der Waals surface area contributed by atoms with Crippen LogP contribution >= 0.6 is 0 Å². The number of pyridine rings is 1.